The molecule has 3 saturated heterocycles. The number of methoxy groups -OCH3 is 1. The van der Waals surface area contributed by atoms with Crippen LogP contribution >= 0.6 is 0 Å². The first-order valence-corrected chi connectivity index (χ1v) is 19.2. The van der Waals surface area contributed by atoms with Gasteiger partial charge in [-0.25, -0.2) is 0 Å². The van der Waals surface area contributed by atoms with Crippen LogP contribution in [-0.4, -0.2) is 104 Å². The molecule has 7 atom stereocenters. The summed E-state index contributed by atoms with van der Waals surface area (Å²) in [6, 6.07) is 15.2. The maximum atomic E-state index is 14.9. The Morgan fingerprint density at radius 3 is 2.39 bits per heavy atom. The Kier molecular flexibility index (Phi) is 14.1. The van der Waals surface area contributed by atoms with Gasteiger partial charge in [0.1, 0.15) is 17.7 Å². The number of aliphatic hydroxyl groups is 1. The van der Waals surface area contributed by atoms with Crippen molar-refractivity contribution in [2.24, 2.45) is 11.8 Å². The molecule has 2 aromatic rings. The van der Waals surface area contributed by atoms with Gasteiger partial charge in [-0.2, -0.15) is 0 Å². The maximum Gasteiger partial charge on any atom is 0.313 e. The molecular weight excluding hydrogens is 688 g/mol. The van der Waals surface area contributed by atoms with Crippen molar-refractivity contribution in [1.82, 2.24) is 10.2 Å². The molecule has 0 unspecified atom stereocenters. The normalized spacial score (nSPS) is 23.7. The van der Waals surface area contributed by atoms with Crippen molar-refractivity contribution in [2.75, 3.05) is 56.3 Å². The van der Waals surface area contributed by atoms with Crippen LogP contribution in [0.25, 0.3) is 0 Å². The quantitative estimate of drug-likeness (QED) is 0.107. The number of anilines is 2. The number of hydrogen-bond acceptors (Lipinski definition) is 9. The molecule has 1 spiro atoms. The lowest BCUT2D eigenvalue weighted by atomic mass is 9.70. The average Bonchev–Trinajstić information content (AvgIpc) is 3.83. The summed E-state index contributed by atoms with van der Waals surface area (Å²) in [5.41, 5.74) is 1.09. The van der Waals surface area contributed by atoms with E-state index < -0.39 is 47.7 Å². The number of hydrogen-bond donors (Lipinski definition) is 2. The van der Waals surface area contributed by atoms with E-state index in [1.165, 1.54) is 7.11 Å². The van der Waals surface area contributed by atoms with Gasteiger partial charge < -0.3 is 39.3 Å². The number of aliphatic hydroxyl groups excluding tert-OH is 1. The molecule has 2 N–H and O–H groups in total. The predicted molar refractivity (Wildman–Crippen MR) is 207 cm³/mol. The second-order valence-electron chi connectivity index (χ2n) is 14.2. The van der Waals surface area contributed by atoms with Crippen LogP contribution in [0.2, 0.25) is 0 Å². The summed E-state index contributed by atoms with van der Waals surface area (Å²) >= 11 is 0. The van der Waals surface area contributed by atoms with Crippen LogP contribution in [0.3, 0.4) is 0 Å². The average molecular weight is 745 g/mol. The maximum absolute atomic E-state index is 14.9. The minimum absolute atomic E-state index is 0.0577. The lowest BCUT2D eigenvalue weighted by Gasteiger charge is -2.37. The highest BCUT2D eigenvalue weighted by Crippen LogP contribution is 2.59. The summed E-state index contributed by atoms with van der Waals surface area (Å²) in [4.78, 5) is 62.4. The summed E-state index contributed by atoms with van der Waals surface area (Å²) in [5, 5.41) is 12.6. The van der Waals surface area contributed by atoms with Gasteiger partial charge in [-0.3, -0.25) is 19.2 Å². The fraction of sp³-hybridized carbons (Fsp3) is 0.524. The Labute approximate surface area is 319 Å². The number of rotatable bonds is 21. The summed E-state index contributed by atoms with van der Waals surface area (Å²) in [5.74, 6) is -3.46. The number of allylic oxidation sites excluding steroid dienone is 1. The molecule has 5 rings (SSSR count). The summed E-state index contributed by atoms with van der Waals surface area (Å²) in [6.07, 6.45) is 4.23. The first kappa shape index (κ1) is 40.7. The van der Waals surface area contributed by atoms with Gasteiger partial charge in [0.2, 0.25) is 11.8 Å². The van der Waals surface area contributed by atoms with E-state index >= 15 is 0 Å². The molecule has 0 aliphatic carbocycles. The van der Waals surface area contributed by atoms with Crippen LogP contribution in [0, 0.1) is 11.8 Å². The van der Waals surface area contributed by atoms with E-state index in [0.29, 0.717) is 43.4 Å². The van der Waals surface area contributed by atoms with Crippen molar-refractivity contribution in [2.45, 2.75) is 82.3 Å². The molecule has 3 aliphatic heterocycles. The van der Waals surface area contributed by atoms with Crippen molar-refractivity contribution in [1.29, 1.82) is 0 Å². The van der Waals surface area contributed by atoms with Gasteiger partial charge in [0.05, 0.1) is 30.6 Å². The van der Waals surface area contributed by atoms with Gasteiger partial charge in [-0.1, -0.05) is 42.5 Å². The van der Waals surface area contributed by atoms with Crippen molar-refractivity contribution < 1.29 is 38.5 Å². The zero-order chi connectivity index (χ0) is 38.8. The number of benzene rings is 2. The number of nitrogens with zero attached hydrogens (tertiary/aromatic N) is 3. The highest BCUT2D eigenvalue weighted by atomic mass is 16.6. The summed E-state index contributed by atoms with van der Waals surface area (Å²) < 4.78 is 18.5. The highest BCUT2D eigenvalue weighted by molar-refractivity contribution is 6.04. The van der Waals surface area contributed by atoms with Gasteiger partial charge in [0, 0.05) is 57.7 Å². The van der Waals surface area contributed by atoms with Crippen molar-refractivity contribution in [3.63, 3.8) is 0 Å². The lowest BCUT2D eigenvalue weighted by Crippen LogP contribution is -2.56. The number of amides is 3. The fourth-order valence-electron chi connectivity index (χ4n) is 8.49. The molecule has 292 valence electrons. The van der Waals surface area contributed by atoms with E-state index in [1.54, 1.807) is 22.0 Å². The molecule has 12 nitrogen and oxygen atoms in total. The Hall–Kier alpha value is -4.52. The summed E-state index contributed by atoms with van der Waals surface area (Å²) in [6.45, 7) is 13.9. The molecule has 3 amide bonds. The SMILES string of the molecule is C=CCCC(=O)N[C@H](COC)[C@H](OC(=O)[C@@H]1[C@@H]2CC[C@]3(O2)[C@H](C(=O)N(CC=C)c2ccc(N(CC)CC)cc2)N(CCCCO)C(=O)[C@@H]13)c1ccccc1. The number of likely N-dealkylation sites (tertiary alicyclic amines) is 1. The zero-order valence-corrected chi connectivity index (χ0v) is 31.9. The van der Waals surface area contributed by atoms with Crippen LogP contribution in [0.4, 0.5) is 11.4 Å². The van der Waals surface area contributed by atoms with E-state index in [2.05, 4.69) is 37.2 Å². The minimum atomic E-state index is -1.25. The number of unbranched alkanes of at least 4 members (excludes halogenated alkanes) is 1. The number of esters is 1. The van der Waals surface area contributed by atoms with E-state index in [4.69, 9.17) is 14.2 Å². The van der Waals surface area contributed by atoms with Crippen molar-refractivity contribution >= 4 is 35.1 Å². The third kappa shape index (κ3) is 8.25. The van der Waals surface area contributed by atoms with Crippen LogP contribution in [0.1, 0.15) is 64.0 Å². The van der Waals surface area contributed by atoms with Gasteiger partial charge in [-0.05, 0) is 75.8 Å². The molecule has 0 radical (unpaired) electrons. The number of nitrogens with one attached hydrogen (secondary N) is 1. The molecule has 54 heavy (non-hydrogen) atoms. The van der Waals surface area contributed by atoms with E-state index in [-0.39, 0.29) is 50.4 Å². The largest absolute Gasteiger partial charge is 0.455 e. The Bertz CT molecular complexity index is 1620. The van der Waals surface area contributed by atoms with Crippen LogP contribution < -0.4 is 15.1 Å². The standard InChI is InChI=1S/C42H56N4O8/c1-6-10-18-34(48)43-32(28-52-5)37(29-16-12-11-13-17-29)53-41(51)35-33-23-24-42(54-33)36(35)39(49)46(26-14-15-27-47)38(42)40(50)45(25-7-2)31-21-19-30(20-22-31)44(8-3)9-4/h6-7,11-13,16-17,19-22,32-33,35-38,47H,1-2,8-10,14-15,18,23-28H2,3-5H3,(H,43,48)/t32-,33+,35-,36-,37-,38+,42-/m1/s1. The van der Waals surface area contributed by atoms with E-state index in [0.717, 1.165) is 18.8 Å². The molecule has 0 saturated carbocycles. The molecule has 2 aromatic carbocycles. The van der Waals surface area contributed by atoms with Crippen molar-refractivity contribution in [3.8, 4) is 0 Å². The Balaban J connectivity index is 1.48. The highest BCUT2D eigenvalue weighted by Gasteiger charge is 2.75. The third-order valence-electron chi connectivity index (χ3n) is 11.0. The topological polar surface area (TPSA) is 138 Å². The van der Waals surface area contributed by atoms with Gasteiger partial charge in [0.25, 0.3) is 5.91 Å². The van der Waals surface area contributed by atoms with Crippen LogP contribution in [-0.2, 0) is 33.4 Å². The molecule has 12 heteroatoms. The molecule has 0 aromatic heterocycles. The Morgan fingerprint density at radius 1 is 1.06 bits per heavy atom. The second kappa shape index (κ2) is 18.7. The molecule has 3 heterocycles. The van der Waals surface area contributed by atoms with Crippen LogP contribution in [0.5, 0.6) is 0 Å². The second-order valence-corrected chi connectivity index (χ2v) is 14.2. The minimum Gasteiger partial charge on any atom is -0.455 e. The predicted octanol–water partition coefficient (Wildman–Crippen LogP) is 4.58. The zero-order valence-electron chi connectivity index (χ0n) is 31.9. The summed E-state index contributed by atoms with van der Waals surface area (Å²) in [7, 11) is 1.51. The number of carbonyl (C=O) groups excluding carboxylic acids is 4. The third-order valence-corrected chi connectivity index (χ3v) is 11.0. The van der Waals surface area contributed by atoms with Crippen LogP contribution in [0.15, 0.2) is 79.9 Å². The monoisotopic (exact) mass is 744 g/mol. The van der Waals surface area contributed by atoms with Crippen molar-refractivity contribution in [3.05, 3.63) is 85.5 Å². The first-order valence-electron chi connectivity index (χ1n) is 19.2. The van der Waals surface area contributed by atoms with E-state index in [9.17, 15) is 24.3 Å². The first-order chi connectivity index (χ1) is 26.2. The molecule has 3 fully saturated rings. The fourth-order valence-corrected chi connectivity index (χ4v) is 8.49. The number of carbonyl (C=O) groups is 4. The molecule has 3 aliphatic rings. The molecular formula is C42H56N4O8. The number of fused-ring (bicyclic) bond motifs is 1. The Morgan fingerprint density at radius 2 is 1.76 bits per heavy atom. The van der Waals surface area contributed by atoms with E-state index in [1.807, 2.05) is 54.6 Å². The van der Waals surface area contributed by atoms with Gasteiger partial charge in [0.15, 0.2) is 0 Å². The van der Waals surface area contributed by atoms with Gasteiger partial charge in [-0.15, -0.1) is 13.2 Å². The molecule has 2 bridgehead atoms. The smallest absolute Gasteiger partial charge is 0.313 e. The van der Waals surface area contributed by atoms with Gasteiger partial charge >= 0.3 is 5.97 Å². The lowest BCUT2D eigenvalue weighted by molar-refractivity contribution is -0.163. The number of ether oxygens (including phenoxy) is 3.